The molecular formula is C16H28N2O3. The molecule has 3 unspecified atom stereocenters. The van der Waals surface area contributed by atoms with Crippen molar-refractivity contribution in [1.82, 2.24) is 10.2 Å². The highest BCUT2D eigenvalue weighted by atomic mass is 16.6. The fourth-order valence-corrected chi connectivity index (χ4v) is 3.55. The highest BCUT2D eigenvalue weighted by Crippen LogP contribution is 2.32. The van der Waals surface area contributed by atoms with E-state index in [1.807, 2.05) is 11.8 Å². The number of nitrogens with zero attached hydrogens (tertiary/aromatic N) is 1. The van der Waals surface area contributed by atoms with E-state index in [-0.39, 0.29) is 18.0 Å². The smallest absolute Gasteiger partial charge is 0.410 e. The van der Waals surface area contributed by atoms with Gasteiger partial charge in [0.05, 0.1) is 6.61 Å². The van der Waals surface area contributed by atoms with Crippen molar-refractivity contribution in [1.29, 1.82) is 0 Å². The normalized spacial score (nSPS) is 29.0. The van der Waals surface area contributed by atoms with E-state index in [0.717, 1.165) is 32.2 Å². The van der Waals surface area contributed by atoms with Crippen LogP contribution in [0.1, 0.15) is 52.9 Å². The standard InChI is InChI=1S/C16H28N2O3/c1-4-21-16(20)18-10-12(9-14(18)11(2)3)5-6-13-7-8-15(19)17-13/h11-14H,4-10H2,1-3H3,(H,17,19). The molecule has 2 aliphatic rings. The van der Waals surface area contributed by atoms with Gasteiger partial charge in [-0.15, -0.1) is 0 Å². The zero-order valence-corrected chi connectivity index (χ0v) is 13.4. The molecule has 5 heteroatoms. The molecule has 2 heterocycles. The predicted molar refractivity (Wildman–Crippen MR) is 80.9 cm³/mol. The first-order chi connectivity index (χ1) is 10.0. The molecule has 0 radical (unpaired) electrons. The molecule has 5 nitrogen and oxygen atoms in total. The van der Waals surface area contributed by atoms with E-state index in [1.54, 1.807) is 0 Å². The monoisotopic (exact) mass is 296 g/mol. The molecular weight excluding hydrogens is 268 g/mol. The van der Waals surface area contributed by atoms with Crippen LogP contribution in [0.2, 0.25) is 0 Å². The minimum Gasteiger partial charge on any atom is -0.450 e. The van der Waals surface area contributed by atoms with Gasteiger partial charge >= 0.3 is 6.09 Å². The zero-order valence-electron chi connectivity index (χ0n) is 13.4. The van der Waals surface area contributed by atoms with Crippen LogP contribution in [0.4, 0.5) is 4.79 Å². The topological polar surface area (TPSA) is 58.6 Å². The molecule has 0 bridgehead atoms. The molecule has 0 aromatic rings. The maximum atomic E-state index is 12.1. The zero-order chi connectivity index (χ0) is 15.4. The molecule has 0 aromatic carbocycles. The molecule has 120 valence electrons. The molecule has 0 aromatic heterocycles. The number of carbonyl (C=O) groups is 2. The number of hydrogen-bond donors (Lipinski definition) is 1. The molecule has 0 saturated carbocycles. The Hall–Kier alpha value is -1.26. The summed E-state index contributed by atoms with van der Waals surface area (Å²) in [7, 11) is 0. The number of amides is 2. The Kier molecular flexibility index (Phi) is 5.48. The van der Waals surface area contributed by atoms with Crippen molar-refractivity contribution in [2.45, 2.75) is 65.0 Å². The minimum atomic E-state index is -0.173. The first-order valence-corrected chi connectivity index (χ1v) is 8.24. The third-order valence-corrected chi connectivity index (χ3v) is 4.71. The molecule has 2 saturated heterocycles. The van der Waals surface area contributed by atoms with Gasteiger partial charge in [0, 0.05) is 25.0 Å². The summed E-state index contributed by atoms with van der Waals surface area (Å²) in [6.07, 6.45) is 4.60. The molecule has 2 rings (SSSR count). The fourth-order valence-electron chi connectivity index (χ4n) is 3.55. The van der Waals surface area contributed by atoms with Crippen LogP contribution in [0, 0.1) is 11.8 Å². The summed E-state index contributed by atoms with van der Waals surface area (Å²) in [4.78, 5) is 25.2. The first kappa shape index (κ1) is 16.1. The van der Waals surface area contributed by atoms with Crippen molar-refractivity contribution in [2.24, 2.45) is 11.8 Å². The molecule has 21 heavy (non-hydrogen) atoms. The molecule has 0 aliphatic carbocycles. The fraction of sp³-hybridized carbons (Fsp3) is 0.875. The van der Waals surface area contributed by atoms with E-state index >= 15 is 0 Å². The Morgan fingerprint density at radius 3 is 2.76 bits per heavy atom. The van der Waals surface area contributed by atoms with E-state index < -0.39 is 0 Å². The molecule has 3 atom stereocenters. The van der Waals surface area contributed by atoms with Crippen LogP contribution in [0.5, 0.6) is 0 Å². The van der Waals surface area contributed by atoms with E-state index in [9.17, 15) is 9.59 Å². The van der Waals surface area contributed by atoms with E-state index in [1.165, 1.54) is 0 Å². The maximum absolute atomic E-state index is 12.1. The van der Waals surface area contributed by atoms with Gasteiger partial charge in [0.25, 0.3) is 0 Å². The SMILES string of the molecule is CCOC(=O)N1CC(CCC2CCC(=O)N2)CC1C(C)C. The average molecular weight is 296 g/mol. The number of nitrogens with one attached hydrogen (secondary N) is 1. The summed E-state index contributed by atoms with van der Waals surface area (Å²) in [5, 5.41) is 3.02. The molecule has 2 aliphatic heterocycles. The largest absolute Gasteiger partial charge is 0.450 e. The molecule has 0 spiro atoms. The van der Waals surface area contributed by atoms with Crippen LogP contribution >= 0.6 is 0 Å². The van der Waals surface area contributed by atoms with Crippen LogP contribution < -0.4 is 5.32 Å². The lowest BCUT2D eigenvalue weighted by Crippen LogP contribution is -2.39. The number of likely N-dealkylation sites (tertiary alicyclic amines) is 1. The van der Waals surface area contributed by atoms with Crippen LogP contribution in [0.3, 0.4) is 0 Å². The van der Waals surface area contributed by atoms with Gasteiger partial charge in [0.15, 0.2) is 0 Å². The summed E-state index contributed by atoms with van der Waals surface area (Å²) in [5.74, 6) is 1.16. The second-order valence-electron chi connectivity index (χ2n) is 6.64. The third-order valence-electron chi connectivity index (χ3n) is 4.71. The van der Waals surface area contributed by atoms with Crippen molar-refractivity contribution >= 4 is 12.0 Å². The van der Waals surface area contributed by atoms with Crippen molar-refractivity contribution in [3.63, 3.8) is 0 Å². The summed E-state index contributed by atoms with van der Waals surface area (Å²) in [6.45, 7) is 7.40. The minimum absolute atomic E-state index is 0.173. The lowest BCUT2D eigenvalue weighted by Gasteiger charge is -2.26. The van der Waals surface area contributed by atoms with Gasteiger partial charge in [-0.25, -0.2) is 4.79 Å². The Labute approximate surface area is 127 Å². The summed E-state index contributed by atoms with van der Waals surface area (Å²) < 4.78 is 5.18. The van der Waals surface area contributed by atoms with E-state index in [0.29, 0.717) is 30.9 Å². The summed E-state index contributed by atoms with van der Waals surface area (Å²) >= 11 is 0. The Balaban J connectivity index is 1.85. The van der Waals surface area contributed by atoms with Gasteiger partial charge < -0.3 is 15.0 Å². The molecule has 2 fully saturated rings. The lowest BCUT2D eigenvalue weighted by molar-refractivity contribution is -0.119. The van der Waals surface area contributed by atoms with Gasteiger partial charge in [-0.05, 0) is 44.4 Å². The van der Waals surface area contributed by atoms with Crippen LogP contribution in [0.25, 0.3) is 0 Å². The predicted octanol–water partition coefficient (Wildman–Crippen LogP) is 2.55. The van der Waals surface area contributed by atoms with E-state index in [2.05, 4.69) is 19.2 Å². The highest BCUT2D eigenvalue weighted by Gasteiger charge is 2.37. The Morgan fingerprint density at radius 1 is 1.43 bits per heavy atom. The summed E-state index contributed by atoms with van der Waals surface area (Å²) in [5.41, 5.74) is 0. The number of hydrogen-bond acceptors (Lipinski definition) is 3. The number of rotatable bonds is 5. The van der Waals surface area contributed by atoms with Gasteiger partial charge in [0.2, 0.25) is 5.91 Å². The number of carbonyl (C=O) groups excluding carboxylic acids is 2. The van der Waals surface area contributed by atoms with Crippen molar-refractivity contribution in [3.05, 3.63) is 0 Å². The van der Waals surface area contributed by atoms with Crippen LogP contribution in [0.15, 0.2) is 0 Å². The quantitative estimate of drug-likeness (QED) is 0.848. The van der Waals surface area contributed by atoms with Gasteiger partial charge in [-0.2, -0.15) is 0 Å². The average Bonchev–Trinajstić information content (AvgIpc) is 3.03. The second kappa shape index (κ2) is 7.14. The first-order valence-electron chi connectivity index (χ1n) is 8.24. The Morgan fingerprint density at radius 2 is 2.19 bits per heavy atom. The van der Waals surface area contributed by atoms with Gasteiger partial charge in [0.1, 0.15) is 0 Å². The van der Waals surface area contributed by atoms with E-state index in [4.69, 9.17) is 4.74 Å². The maximum Gasteiger partial charge on any atom is 0.410 e. The number of ether oxygens (including phenoxy) is 1. The van der Waals surface area contributed by atoms with Crippen molar-refractivity contribution < 1.29 is 14.3 Å². The Bertz CT molecular complexity index is 384. The molecule has 1 N–H and O–H groups in total. The van der Waals surface area contributed by atoms with Gasteiger partial charge in [-0.1, -0.05) is 13.8 Å². The summed E-state index contributed by atoms with van der Waals surface area (Å²) in [6, 6.07) is 0.624. The highest BCUT2D eigenvalue weighted by molar-refractivity contribution is 5.78. The molecule has 2 amide bonds. The lowest BCUT2D eigenvalue weighted by atomic mass is 9.93. The van der Waals surface area contributed by atoms with Crippen molar-refractivity contribution in [3.8, 4) is 0 Å². The van der Waals surface area contributed by atoms with Crippen LogP contribution in [-0.4, -0.2) is 42.1 Å². The van der Waals surface area contributed by atoms with Gasteiger partial charge in [-0.3, -0.25) is 4.79 Å². The second-order valence-corrected chi connectivity index (χ2v) is 6.64. The van der Waals surface area contributed by atoms with Crippen LogP contribution in [-0.2, 0) is 9.53 Å². The third kappa shape index (κ3) is 4.11. The van der Waals surface area contributed by atoms with Crippen molar-refractivity contribution in [2.75, 3.05) is 13.2 Å².